The van der Waals surface area contributed by atoms with Gasteiger partial charge in [0.15, 0.2) is 0 Å². The molecule has 1 aromatic rings. The van der Waals surface area contributed by atoms with E-state index in [-0.39, 0.29) is 18.4 Å². The third-order valence-corrected chi connectivity index (χ3v) is 2.91. The SMILES string of the molecule is CN[C@@H](CC(=O)OC)c1cc(Cl)cc(Br)c1. The lowest BCUT2D eigenvalue weighted by atomic mass is 10.0. The van der Waals surface area contributed by atoms with E-state index in [0.717, 1.165) is 10.0 Å². The molecular formula is C11H13BrClNO2. The molecule has 5 heteroatoms. The number of nitrogens with one attached hydrogen (secondary N) is 1. The van der Waals surface area contributed by atoms with Crippen LogP contribution in [0, 0.1) is 0 Å². The number of carbonyl (C=O) groups is 1. The van der Waals surface area contributed by atoms with Gasteiger partial charge in [-0.25, -0.2) is 0 Å². The van der Waals surface area contributed by atoms with Crippen LogP contribution in [0.4, 0.5) is 0 Å². The summed E-state index contributed by atoms with van der Waals surface area (Å²) in [5.41, 5.74) is 0.951. The quantitative estimate of drug-likeness (QED) is 0.869. The number of esters is 1. The van der Waals surface area contributed by atoms with Crippen LogP contribution < -0.4 is 5.32 Å². The van der Waals surface area contributed by atoms with Gasteiger partial charge in [-0.3, -0.25) is 4.79 Å². The van der Waals surface area contributed by atoms with Gasteiger partial charge >= 0.3 is 5.97 Å². The second-order valence-corrected chi connectivity index (χ2v) is 4.68. The van der Waals surface area contributed by atoms with Crippen molar-refractivity contribution in [3.8, 4) is 0 Å². The Hall–Kier alpha value is -0.580. The van der Waals surface area contributed by atoms with Crippen molar-refractivity contribution >= 4 is 33.5 Å². The van der Waals surface area contributed by atoms with E-state index in [9.17, 15) is 4.79 Å². The fraction of sp³-hybridized carbons (Fsp3) is 0.364. The zero-order valence-corrected chi connectivity index (χ0v) is 11.4. The van der Waals surface area contributed by atoms with Crippen LogP contribution in [0.25, 0.3) is 0 Å². The van der Waals surface area contributed by atoms with Crippen molar-refractivity contribution in [3.05, 3.63) is 33.3 Å². The highest BCUT2D eigenvalue weighted by Crippen LogP contribution is 2.25. The number of halogens is 2. The predicted octanol–water partition coefficient (Wildman–Crippen LogP) is 2.93. The van der Waals surface area contributed by atoms with Gasteiger partial charge in [-0.1, -0.05) is 27.5 Å². The van der Waals surface area contributed by atoms with Gasteiger partial charge in [0.25, 0.3) is 0 Å². The van der Waals surface area contributed by atoms with Gasteiger partial charge in [0, 0.05) is 15.5 Å². The molecular weight excluding hydrogens is 293 g/mol. The Labute approximate surface area is 108 Å². The minimum atomic E-state index is -0.254. The van der Waals surface area contributed by atoms with E-state index in [2.05, 4.69) is 26.0 Å². The van der Waals surface area contributed by atoms with Crippen molar-refractivity contribution < 1.29 is 9.53 Å². The third kappa shape index (κ3) is 3.77. The first-order valence-corrected chi connectivity index (χ1v) is 5.94. The molecule has 1 rings (SSSR count). The Bertz CT molecular complexity index is 364. The summed E-state index contributed by atoms with van der Waals surface area (Å²) in [5, 5.41) is 3.69. The largest absolute Gasteiger partial charge is 0.469 e. The van der Waals surface area contributed by atoms with E-state index in [0.29, 0.717) is 5.02 Å². The maximum absolute atomic E-state index is 11.2. The molecule has 0 aromatic heterocycles. The lowest BCUT2D eigenvalue weighted by molar-refractivity contribution is -0.141. The number of carbonyl (C=O) groups excluding carboxylic acids is 1. The second kappa shape index (κ2) is 6.23. The molecule has 0 bridgehead atoms. The monoisotopic (exact) mass is 305 g/mol. The summed E-state index contributed by atoms with van der Waals surface area (Å²) in [4.78, 5) is 11.2. The van der Waals surface area contributed by atoms with Crippen LogP contribution in [0.5, 0.6) is 0 Å². The molecule has 1 aromatic carbocycles. The molecule has 0 fully saturated rings. The molecule has 1 atom stereocenters. The van der Waals surface area contributed by atoms with Gasteiger partial charge in [0.1, 0.15) is 0 Å². The zero-order chi connectivity index (χ0) is 12.1. The molecule has 0 spiro atoms. The van der Waals surface area contributed by atoms with Gasteiger partial charge in [0.05, 0.1) is 13.5 Å². The van der Waals surface area contributed by atoms with Gasteiger partial charge in [-0.15, -0.1) is 0 Å². The van der Waals surface area contributed by atoms with Gasteiger partial charge < -0.3 is 10.1 Å². The Balaban J connectivity index is 2.90. The normalized spacial score (nSPS) is 12.2. The van der Waals surface area contributed by atoms with Crippen molar-refractivity contribution in [2.75, 3.05) is 14.2 Å². The lowest BCUT2D eigenvalue weighted by Gasteiger charge is -2.15. The van der Waals surface area contributed by atoms with Gasteiger partial charge in [-0.05, 0) is 30.8 Å². The summed E-state index contributed by atoms with van der Waals surface area (Å²) in [6, 6.07) is 5.46. The number of methoxy groups -OCH3 is 1. The van der Waals surface area contributed by atoms with Crippen molar-refractivity contribution in [3.63, 3.8) is 0 Å². The van der Waals surface area contributed by atoms with Crippen molar-refractivity contribution in [2.24, 2.45) is 0 Å². The lowest BCUT2D eigenvalue weighted by Crippen LogP contribution is -2.20. The fourth-order valence-electron chi connectivity index (χ4n) is 1.41. The molecule has 0 aliphatic rings. The summed E-state index contributed by atoms with van der Waals surface area (Å²) >= 11 is 9.31. The van der Waals surface area contributed by atoms with E-state index < -0.39 is 0 Å². The number of benzene rings is 1. The Morgan fingerprint density at radius 2 is 2.25 bits per heavy atom. The molecule has 0 radical (unpaired) electrons. The molecule has 1 N–H and O–H groups in total. The van der Waals surface area contributed by atoms with E-state index in [1.807, 2.05) is 12.1 Å². The second-order valence-electron chi connectivity index (χ2n) is 3.32. The molecule has 88 valence electrons. The maximum atomic E-state index is 11.2. The standard InChI is InChI=1S/C11H13BrClNO2/c1-14-10(6-11(15)16-2)7-3-8(12)5-9(13)4-7/h3-5,10,14H,6H2,1-2H3/t10-/m0/s1. The highest BCUT2D eigenvalue weighted by atomic mass is 79.9. The van der Waals surface area contributed by atoms with E-state index >= 15 is 0 Å². The molecule has 0 saturated carbocycles. The molecule has 0 unspecified atom stereocenters. The number of ether oxygens (including phenoxy) is 1. The van der Waals surface area contributed by atoms with Gasteiger partial charge in [-0.2, -0.15) is 0 Å². The summed E-state index contributed by atoms with van der Waals surface area (Å²) < 4.78 is 5.53. The van der Waals surface area contributed by atoms with Crippen LogP contribution in [-0.2, 0) is 9.53 Å². The fourth-order valence-corrected chi connectivity index (χ4v) is 2.30. The third-order valence-electron chi connectivity index (χ3n) is 2.23. The minimum Gasteiger partial charge on any atom is -0.469 e. The first-order chi connectivity index (χ1) is 7.56. The highest BCUT2D eigenvalue weighted by Gasteiger charge is 2.15. The van der Waals surface area contributed by atoms with Crippen LogP contribution in [0.2, 0.25) is 5.02 Å². The molecule has 0 saturated heterocycles. The van der Waals surface area contributed by atoms with Crippen molar-refractivity contribution in [1.29, 1.82) is 0 Å². The molecule has 3 nitrogen and oxygen atoms in total. The molecule has 0 aliphatic heterocycles. The van der Waals surface area contributed by atoms with Crippen LogP contribution in [-0.4, -0.2) is 20.1 Å². The number of hydrogen-bond donors (Lipinski definition) is 1. The molecule has 0 heterocycles. The topological polar surface area (TPSA) is 38.3 Å². The minimum absolute atomic E-state index is 0.0950. The summed E-state index contributed by atoms with van der Waals surface area (Å²) in [5.74, 6) is -0.254. The molecule has 0 aliphatic carbocycles. The Morgan fingerprint density at radius 3 is 2.75 bits per heavy atom. The summed E-state index contributed by atoms with van der Waals surface area (Å²) in [7, 11) is 3.17. The smallest absolute Gasteiger partial charge is 0.307 e. The summed E-state index contributed by atoms with van der Waals surface area (Å²) in [6.07, 6.45) is 0.278. The number of rotatable bonds is 4. The van der Waals surface area contributed by atoms with Crippen molar-refractivity contribution in [1.82, 2.24) is 5.32 Å². The Morgan fingerprint density at radius 1 is 1.56 bits per heavy atom. The van der Waals surface area contributed by atoms with Crippen LogP contribution in [0.15, 0.2) is 22.7 Å². The van der Waals surface area contributed by atoms with E-state index in [1.54, 1.807) is 13.1 Å². The highest BCUT2D eigenvalue weighted by molar-refractivity contribution is 9.10. The average molecular weight is 307 g/mol. The Kier molecular flexibility index (Phi) is 5.25. The molecule has 0 amide bonds. The van der Waals surface area contributed by atoms with E-state index in [4.69, 9.17) is 11.6 Å². The van der Waals surface area contributed by atoms with Crippen LogP contribution >= 0.6 is 27.5 Å². The first-order valence-electron chi connectivity index (χ1n) is 4.77. The molecule has 16 heavy (non-hydrogen) atoms. The predicted molar refractivity (Wildman–Crippen MR) is 67.6 cm³/mol. The zero-order valence-electron chi connectivity index (χ0n) is 9.09. The van der Waals surface area contributed by atoms with Crippen LogP contribution in [0.3, 0.4) is 0 Å². The van der Waals surface area contributed by atoms with E-state index in [1.165, 1.54) is 7.11 Å². The van der Waals surface area contributed by atoms with Crippen LogP contribution in [0.1, 0.15) is 18.0 Å². The van der Waals surface area contributed by atoms with Gasteiger partial charge in [0.2, 0.25) is 0 Å². The van der Waals surface area contributed by atoms with Crippen molar-refractivity contribution in [2.45, 2.75) is 12.5 Å². The average Bonchev–Trinajstić information content (AvgIpc) is 2.24. The maximum Gasteiger partial charge on any atom is 0.307 e. The number of hydrogen-bond acceptors (Lipinski definition) is 3. The summed E-state index contributed by atoms with van der Waals surface area (Å²) in [6.45, 7) is 0. The first kappa shape index (κ1) is 13.5.